The van der Waals surface area contributed by atoms with Gasteiger partial charge >= 0.3 is 5.97 Å². The molecule has 16 heavy (non-hydrogen) atoms. The molecule has 0 fully saturated rings. The van der Waals surface area contributed by atoms with Crippen LogP contribution in [0.2, 0.25) is 0 Å². The number of carboxylic acid groups (broad SMARTS) is 1. The molecule has 0 saturated heterocycles. The molecule has 0 radical (unpaired) electrons. The Kier molecular flexibility index (Phi) is 3.77. The number of carbonyl (C=O) groups excluding carboxylic acids is 1. The van der Waals surface area contributed by atoms with Crippen molar-refractivity contribution in [3.8, 4) is 0 Å². The first kappa shape index (κ1) is 11.9. The Morgan fingerprint density at radius 3 is 2.88 bits per heavy atom. The summed E-state index contributed by atoms with van der Waals surface area (Å²) in [4.78, 5) is 25.9. The summed E-state index contributed by atoms with van der Waals surface area (Å²) in [5, 5.41) is 11.3. The molecule has 1 unspecified atom stereocenters. The largest absolute Gasteiger partial charge is 0.477 e. The molecule has 0 aliphatic heterocycles. The van der Waals surface area contributed by atoms with Gasteiger partial charge in [0.05, 0.1) is 0 Å². The number of nitrogens with zero attached hydrogens (tertiary/aromatic N) is 1. The molecule has 1 heterocycles. The van der Waals surface area contributed by atoms with Crippen molar-refractivity contribution in [1.82, 2.24) is 10.3 Å². The van der Waals surface area contributed by atoms with Gasteiger partial charge in [-0.3, -0.25) is 4.79 Å². The van der Waals surface area contributed by atoms with E-state index in [1.807, 2.05) is 0 Å². The summed E-state index contributed by atoms with van der Waals surface area (Å²) in [6.07, 6.45) is 2.87. The molecule has 1 rings (SSSR count). The minimum absolute atomic E-state index is 0.154. The van der Waals surface area contributed by atoms with Gasteiger partial charge in [-0.25, -0.2) is 9.78 Å². The lowest BCUT2D eigenvalue weighted by Crippen LogP contribution is -2.31. The number of rotatable bonds is 4. The maximum atomic E-state index is 11.6. The average Bonchev–Trinajstić information content (AvgIpc) is 2.28. The highest BCUT2D eigenvalue weighted by molar-refractivity contribution is 5.96. The molecule has 0 aliphatic rings. The Balaban J connectivity index is 2.87. The summed E-state index contributed by atoms with van der Waals surface area (Å²) in [7, 11) is 0. The molecule has 2 N–H and O–H groups in total. The van der Waals surface area contributed by atoms with Gasteiger partial charge in [0, 0.05) is 17.8 Å². The first-order chi connectivity index (χ1) is 7.54. The van der Waals surface area contributed by atoms with Gasteiger partial charge < -0.3 is 10.4 Å². The Hall–Kier alpha value is -2.17. The maximum Gasteiger partial charge on any atom is 0.354 e. The van der Waals surface area contributed by atoms with E-state index in [0.717, 1.165) is 0 Å². The van der Waals surface area contributed by atoms with Gasteiger partial charge in [0.2, 0.25) is 0 Å². The second kappa shape index (κ2) is 5.06. The highest BCUT2D eigenvalue weighted by Crippen LogP contribution is 2.02. The monoisotopic (exact) mass is 220 g/mol. The van der Waals surface area contributed by atoms with Crippen molar-refractivity contribution in [2.24, 2.45) is 0 Å². The third kappa shape index (κ3) is 2.91. The predicted octanol–water partition coefficient (Wildman–Crippen LogP) is 1.08. The minimum atomic E-state index is -1.16. The van der Waals surface area contributed by atoms with Gasteiger partial charge in [0.1, 0.15) is 5.69 Å². The summed E-state index contributed by atoms with van der Waals surface area (Å²) in [6, 6.07) is 2.51. The number of carboxylic acids is 1. The van der Waals surface area contributed by atoms with E-state index in [9.17, 15) is 9.59 Å². The van der Waals surface area contributed by atoms with Crippen molar-refractivity contribution in [3.63, 3.8) is 0 Å². The normalized spacial score (nSPS) is 11.6. The zero-order chi connectivity index (χ0) is 12.1. The second-order valence-electron chi connectivity index (χ2n) is 3.23. The van der Waals surface area contributed by atoms with Gasteiger partial charge in [-0.2, -0.15) is 0 Å². The van der Waals surface area contributed by atoms with Crippen LogP contribution in [-0.4, -0.2) is 28.0 Å². The topological polar surface area (TPSA) is 79.3 Å². The summed E-state index contributed by atoms with van der Waals surface area (Å²) in [5.74, 6) is -1.51. The summed E-state index contributed by atoms with van der Waals surface area (Å²) >= 11 is 0. The number of aromatic nitrogens is 1. The number of aromatic carboxylic acids is 1. The average molecular weight is 220 g/mol. The van der Waals surface area contributed by atoms with E-state index in [4.69, 9.17) is 5.11 Å². The predicted molar refractivity (Wildman–Crippen MR) is 58.3 cm³/mol. The first-order valence-electron chi connectivity index (χ1n) is 4.67. The van der Waals surface area contributed by atoms with Crippen molar-refractivity contribution in [2.45, 2.75) is 13.0 Å². The molecule has 1 amide bonds. The SMILES string of the molecule is C=CC(C)NC(=O)c1ccnc(C(=O)O)c1. The maximum absolute atomic E-state index is 11.6. The van der Waals surface area contributed by atoms with E-state index < -0.39 is 5.97 Å². The van der Waals surface area contributed by atoms with E-state index in [-0.39, 0.29) is 23.2 Å². The third-order valence-electron chi connectivity index (χ3n) is 1.95. The lowest BCUT2D eigenvalue weighted by Gasteiger charge is -2.09. The highest BCUT2D eigenvalue weighted by atomic mass is 16.4. The van der Waals surface area contributed by atoms with Crippen molar-refractivity contribution < 1.29 is 14.7 Å². The fourth-order valence-corrected chi connectivity index (χ4v) is 1.04. The summed E-state index contributed by atoms with van der Waals surface area (Å²) < 4.78 is 0. The molecule has 84 valence electrons. The quantitative estimate of drug-likeness (QED) is 0.744. The molecule has 1 aromatic rings. The molecular formula is C11H12N2O3. The second-order valence-corrected chi connectivity index (χ2v) is 3.23. The summed E-state index contributed by atoms with van der Waals surface area (Å²) in [5.41, 5.74) is 0.111. The highest BCUT2D eigenvalue weighted by Gasteiger charge is 2.11. The minimum Gasteiger partial charge on any atom is -0.477 e. The zero-order valence-electron chi connectivity index (χ0n) is 8.80. The van der Waals surface area contributed by atoms with Crippen LogP contribution in [0.4, 0.5) is 0 Å². The van der Waals surface area contributed by atoms with Crippen LogP contribution < -0.4 is 5.32 Å². The van der Waals surface area contributed by atoms with Crippen LogP contribution in [0.25, 0.3) is 0 Å². The standard InChI is InChI=1S/C11H12N2O3/c1-3-7(2)13-10(14)8-4-5-12-9(6-8)11(15)16/h3-7H,1H2,2H3,(H,13,14)(H,15,16). The number of hydrogen-bond donors (Lipinski definition) is 2. The Morgan fingerprint density at radius 1 is 1.62 bits per heavy atom. The molecule has 0 aliphatic carbocycles. The smallest absolute Gasteiger partial charge is 0.354 e. The number of amides is 1. The lowest BCUT2D eigenvalue weighted by molar-refractivity contribution is 0.0690. The fourth-order valence-electron chi connectivity index (χ4n) is 1.04. The number of carbonyl (C=O) groups is 2. The van der Waals surface area contributed by atoms with Crippen LogP contribution in [0.3, 0.4) is 0 Å². The molecule has 5 heteroatoms. The van der Waals surface area contributed by atoms with Crippen LogP contribution in [0.1, 0.15) is 27.8 Å². The van der Waals surface area contributed by atoms with Crippen LogP contribution in [-0.2, 0) is 0 Å². The first-order valence-corrected chi connectivity index (χ1v) is 4.67. The van der Waals surface area contributed by atoms with E-state index >= 15 is 0 Å². The molecule has 5 nitrogen and oxygen atoms in total. The molecule has 1 aromatic heterocycles. The number of hydrogen-bond acceptors (Lipinski definition) is 3. The number of pyridine rings is 1. The van der Waals surface area contributed by atoms with Gasteiger partial charge in [-0.15, -0.1) is 6.58 Å². The lowest BCUT2D eigenvalue weighted by atomic mass is 10.2. The van der Waals surface area contributed by atoms with Crippen molar-refractivity contribution >= 4 is 11.9 Å². The number of nitrogens with one attached hydrogen (secondary N) is 1. The molecule has 0 aromatic carbocycles. The van der Waals surface area contributed by atoms with Crippen LogP contribution in [0.15, 0.2) is 31.0 Å². The molecule has 1 atom stereocenters. The third-order valence-corrected chi connectivity index (χ3v) is 1.95. The fraction of sp³-hybridized carbons (Fsp3) is 0.182. The van der Waals surface area contributed by atoms with E-state index in [0.29, 0.717) is 0 Å². The Morgan fingerprint density at radius 2 is 2.31 bits per heavy atom. The van der Waals surface area contributed by atoms with Crippen molar-refractivity contribution in [3.05, 3.63) is 42.2 Å². The van der Waals surface area contributed by atoms with Gasteiger partial charge in [0.15, 0.2) is 0 Å². The Labute approximate surface area is 92.8 Å². The molecule has 0 bridgehead atoms. The Bertz CT molecular complexity index is 429. The van der Waals surface area contributed by atoms with Crippen molar-refractivity contribution in [2.75, 3.05) is 0 Å². The molecular weight excluding hydrogens is 208 g/mol. The molecule has 0 saturated carbocycles. The van der Waals surface area contributed by atoms with Gasteiger partial charge in [0.25, 0.3) is 5.91 Å². The van der Waals surface area contributed by atoms with Crippen LogP contribution in [0.5, 0.6) is 0 Å². The molecule has 0 spiro atoms. The van der Waals surface area contributed by atoms with E-state index in [1.54, 1.807) is 13.0 Å². The van der Waals surface area contributed by atoms with Gasteiger partial charge in [-0.1, -0.05) is 6.08 Å². The van der Waals surface area contributed by atoms with Crippen molar-refractivity contribution in [1.29, 1.82) is 0 Å². The van der Waals surface area contributed by atoms with Gasteiger partial charge in [-0.05, 0) is 19.1 Å². The zero-order valence-corrected chi connectivity index (χ0v) is 8.80. The van der Waals surface area contributed by atoms with Crippen LogP contribution >= 0.6 is 0 Å². The summed E-state index contributed by atoms with van der Waals surface area (Å²) in [6.45, 7) is 5.30. The van der Waals surface area contributed by atoms with E-state index in [2.05, 4.69) is 16.9 Å². The van der Waals surface area contributed by atoms with Crippen LogP contribution in [0, 0.1) is 0 Å². The van der Waals surface area contributed by atoms with E-state index in [1.165, 1.54) is 18.3 Å².